The van der Waals surface area contributed by atoms with Gasteiger partial charge in [0.05, 0.1) is 12.0 Å². The number of rotatable bonds is 3. The van der Waals surface area contributed by atoms with Crippen molar-refractivity contribution >= 4 is 11.8 Å². The van der Waals surface area contributed by atoms with Crippen molar-refractivity contribution in [1.29, 1.82) is 0 Å². The number of nitrogens with one attached hydrogen (secondary N) is 1. The van der Waals surface area contributed by atoms with E-state index >= 15 is 0 Å². The average molecular weight is 315 g/mol. The first-order chi connectivity index (χ1) is 11.1. The van der Waals surface area contributed by atoms with Crippen LogP contribution in [0, 0.1) is 5.82 Å². The number of carbonyl (C=O) groups is 2. The molecule has 1 aliphatic rings. The van der Waals surface area contributed by atoms with Gasteiger partial charge in [-0.25, -0.2) is 4.39 Å². The SMILES string of the molecule is O=C(Cc1ccccc1F)N1CCN(C(=O)c2cc[nH]c2)CC1. The van der Waals surface area contributed by atoms with Crippen LogP contribution in [0.25, 0.3) is 0 Å². The van der Waals surface area contributed by atoms with Gasteiger partial charge in [-0.1, -0.05) is 18.2 Å². The Labute approximate surface area is 133 Å². The van der Waals surface area contributed by atoms with Crippen LogP contribution >= 0.6 is 0 Å². The van der Waals surface area contributed by atoms with E-state index in [0.29, 0.717) is 37.3 Å². The molecule has 120 valence electrons. The topological polar surface area (TPSA) is 56.4 Å². The third-order valence-electron chi connectivity index (χ3n) is 4.06. The molecule has 23 heavy (non-hydrogen) atoms. The van der Waals surface area contributed by atoms with Crippen LogP contribution < -0.4 is 0 Å². The molecule has 0 bridgehead atoms. The molecule has 0 radical (unpaired) electrons. The molecule has 0 unspecified atom stereocenters. The van der Waals surface area contributed by atoms with Gasteiger partial charge < -0.3 is 14.8 Å². The molecule has 2 heterocycles. The summed E-state index contributed by atoms with van der Waals surface area (Å²) in [6.45, 7) is 1.94. The van der Waals surface area contributed by atoms with Crippen molar-refractivity contribution in [2.24, 2.45) is 0 Å². The Hall–Kier alpha value is -2.63. The molecule has 3 rings (SSSR count). The van der Waals surface area contributed by atoms with Gasteiger partial charge in [-0.3, -0.25) is 9.59 Å². The van der Waals surface area contributed by atoms with E-state index in [4.69, 9.17) is 0 Å². The van der Waals surface area contributed by atoms with Gasteiger partial charge in [0.1, 0.15) is 5.82 Å². The van der Waals surface area contributed by atoms with E-state index in [1.54, 1.807) is 46.5 Å². The van der Waals surface area contributed by atoms with Crippen molar-refractivity contribution in [2.75, 3.05) is 26.2 Å². The number of nitrogens with zero attached hydrogens (tertiary/aromatic N) is 2. The zero-order chi connectivity index (χ0) is 16.2. The fourth-order valence-electron chi connectivity index (χ4n) is 2.71. The van der Waals surface area contributed by atoms with Crippen LogP contribution in [0.1, 0.15) is 15.9 Å². The summed E-state index contributed by atoms with van der Waals surface area (Å²) in [5.41, 5.74) is 1.03. The number of benzene rings is 1. The normalized spacial score (nSPS) is 14.8. The predicted molar refractivity (Wildman–Crippen MR) is 83.4 cm³/mol. The largest absolute Gasteiger partial charge is 0.367 e. The molecule has 0 aliphatic carbocycles. The molecule has 6 heteroatoms. The summed E-state index contributed by atoms with van der Waals surface area (Å²) in [4.78, 5) is 30.8. The molecule has 1 saturated heterocycles. The second kappa shape index (κ2) is 6.64. The maximum absolute atomic E-state index is 13.6. The molecule has 5 nitrogen and oxygen atoms in total. The maximum atomic E-state index is 13.6. The number of halogens is 1. The lowest BCUT2D eigenvalue weighted by Crippen LogP contribution is -2.51. The predicted octanol–water partition coefficient (Wildman–Crippen LogP) is 1.68. The fraction of sp³-hybridized carbons (Fsp3) is 0.294. The number of carbonyl (C=O) groups excluding carboxylic acids is 2. The van der Waals surface area contributed by atoms with Gasteiger partial charge in [0.15, 0.2) is 0 Å². The van der Waals surface area contributed by atoms with E-state index in [1.807, 2.05) is 0 Å². The Morgan fingerprint density at radius 3 is 2.39 bits per heavy atom. The van der Waals surface area contributed by atoms with Gasteiger partial charge in [0.25, 0.3) is 5.91 Å². The highest BCUT2D eigenvalue weighted by atomic mass is 19.1. The molecular formula is C17H18FN3O2. The summed E-state index contributed by atoms with van der Waals surface area (Å²) in [5.74, 6) is -0.501. The molecule has 1 aliphatic heterocycles. The number of aromatic amines is 1. The van der Waals surface area contributed by atoms with Crippen molar-refractivity contribution in [2.45, 2.75) is 6.42 Å². The number of hydrogen-bond donors (Lipinski definition) is 1. The number of piperazine rings is 1. The Morgan fingerprint density at radius 1 is 1.04 bits per heavy atom. The number of hydrogen-bond acceptors (Lipinski definition) is 2. The summed E-state index contributed by atoms with van der Waals surface area (Å²) in [6.07, 6.45) is 3.43. The van der Waals surface area contributed by atoms with Crippen LogP contribution in [-0.4, -0.2) is 52.8 Å². The molecule has 1 N–H and O–H groups in total. The lowest BCUT2D eigenvalue weighted by molar-refractivity contribution is -0.132. The van der Waals surface area contributed by atoms with Crippen molar-refractivity contribution < 1.29 is 14.0 Å². The summed E-state index contributed by atoms with van der Waals surface area (Å²) < 4.78 is 13.6. The van der Waals surface area contributed by atoms with Crippen molar-refractivity contribution in [3.05, 3.63) is 59.7 Å². The van der Waals surface area contributed by atoms with Crippen LogP contribution in [0.4, 0.5) is 4.39 Å². The summed E-state index contributed by atoms with van der Waals surface area (Å²) in [7, 11) is 0. The Bertz CT molecular complexity index is 692. The van der Waals surface area contributed by atoms with Gasteiger partial charge in [-0.15, -0.1) is 0 Å². The maximum Gasteiger partial charge on any atom is 0.255 e. The highest BCUT2D eigenvalue weighted by molar-refractivity contribution is 5.94. The molecule has 1 aromatic heterocycles. The van der Waals surface area contributed by atoms with Crippen LogP contribution in [0.3, 0.4) is 0 Å². The molecular weight excluding hydrogens is 297 g/mol. The smallest absolute Gasteiger partial charge is 0.255 e. The van der Waals surface area contributed by atoms with Gasteiger partial charge >= 0.3 is 0 Å². The fourth-order valence-corrected chi connectivity index (χ4v) is 2.71. The van der Waals surface area contributed by atoms with Crippen LogP contribution in [0.2, 0.25) is 0 Å². The molecule has 0 atom stereocenters. The van der Waals surface area contributed by atoms with E-state index in [-0.39, 0.29) is 24.1 Å². The first kappa shape index (κ1) is 15.3. The highest BCUT2D eigenvalue weighted by Gasteiger charge is 2.25. The molecule has 0 spiro atoms. The molecule has 2 amide bonds. The van der Waals surface area contributed by atoms with Crippen molar-refractivity contribution in [3.63, 3.8) is 0 Å². The van der Waals surface area contributed by atoms with E-state index in [9.17, 15) is 14.0 Å². The molecule has 2 aromatic rings. The van der Waals surface area contributed by atoms with Gasteiger partial charge in [-0.05, 0) is 17.7 Å². The van der Waals surface area contributed by atoms with E-state index in [2.05, 4.69) is 4.98 Å². The van der Waals surface area contributed by atoms with E-state index in [1.165, 1.54) is 6.07 Å². The van der Waals surface area contributed by atoms with E-state index in [0.717, 1.165) is 0 Å². The Morgan fingerprint density at radius 2 is 1.74 bits per heavy atom. The molecule has 0 saturated carbocycles. The van der Waals surface area contributed by atoms with Crippen LogP contribution in [0.15, 0.2) is 42.7 Å². The van der Waals surface area contributed by atoms with Crippen LogP contribution in [0.5, 0.6) is 0 Å². The van der Waals surface area contributed by atoms with Crippen LogP contribution in [-0.2, 0) is 11.2 Å². The number of amides is 2. The Kier molecular flexibility index (Phi) is 4.41. The summed E-state index contributed by atoms with van der Waals surface area (Å²) >= 11 is 0. The third kappa shape index (κ3) is 3.41. The van der Waals surface area contributed by atoms with Gasteiger partial charge in [0, 0.05) is 38.6 Å². The lowest BCUT2D eigenvalue weighted by atomic mass is 10.1. The average Bonchev–Trinajstić information content (AvgIpc) is 3.11. The summed E-state index contributed by atoms with van der Waals surface area (Å²) in [6, 6.07) is 8.04. The van der Waals surface area contributed by atoms with Gasteiger partial charge in [0.2, 0.25) is 5.91 Å². The second-order valence-corrected chi connectivity index (χ2v) is 5.54. The number of H-pyrrole nitrogens is 1. The van der Waals surface area contributed by atoms with Gasteiger partial charge in [-0.2, -0.15) is 0 Å². The standard InChI is InChI=1S/C17H18FN3O2/c18-15-4-2-1-3-13(15)11-16(22)20-7-9-21(10-8-20)17(23)14-5-6-19-12-14/h1-6,12,19H,7-11H2. The third-order valence-corrected chi connectivity index (χ3v) is 4.06. The minimum Gasteiger partial charge on any atom is -0.367 e. The first-order valence-corrected chi connectivity index (χ1v) is 7.58. The highest BCUT2D eigenvalue weighted by Crippen LogP contribution is 2.12. The number of aromatic nitrogens is 1. The monoisotopic (exact) mass is 315 g/mol. The lowest BCUT2D eigenvalue weighted by Gasteiger charge is -2.34. The minimum atomic E-state index is -0.359. The Balaban J connectivity index is 1.55. The summed E-state index contributed by atoms with van der Waals surface area (Å²) in [5, 5.41) is 0. The second-order valence-electron chi connectivity index (χ2n) is 5.54. The van der Waals surface area contributed by atoms with Crippen molar-refractivity contribution in [1.82, 2.24) is 14.8 Å². The molecule has 1 aromatic carbocycles. The first-order valence-electron chi connectivity index (χ1n) is 7.58. The zero-order valence-electron chi connectivity index (χ0n) is 12.7. The quantitative estimate of drug-likeness (QED) is 0.937. The molecule has 1 fully saturated rings. The van der Waals surface area contributed by atoms with E-state index < -0.39 is 0 Å². The zero-order valence-corrected chi connectivity index (χ0v) is 12.7. The minimum absolute atomic E-state index is 0.0348. The van der Waals surface area contributed by atoms with Crippen molar-refractivity contribution in [3.8, 4) is 0 Å².